The molecule has 38 heavy (non-hydrogen) atoms. The third-order valence-corrected chi connectivity index (χ3v) is 13.9. The van der Waals surface area contributed by atoms with Gasteiger partial charge in [-0.3, -0.25) is 9.59 Å². The first-order valence-corrected chi connectivity index (χ1v) is 15.6. The van der Waals surface area contributed by atoms with Crippen molar-refractivity contribution in [2.24, 2.45) is 50.7 Å². The van der Waals surface area contributed by atoms with Crippen LogP contribution in [0, 0.1) is 50.7 Å². The molecule has 5 aliphatic carbocycles. The van der Waals surface area contributed by atoms with Crippen molar-refractivity contribution >= 4 is 11.9 Å². The molecule has 0 aromatic rings. The van der Waals surface area contributed by atoms with E-state index in [2.05, 4.69) is 41.2 Å². The lowest BCUT2D eigenvalue weighted by molar-refractivity contribution is -0.181. The van der Waals surface area contributed by atoms with E-state index in [1.165, 1.54) is 58.3 Å². The first-order chi connectivity index (χ1) is 17.6. The molecule has 2 spiro atoms. The molecule has 0 aromatic heterocycles. The number of fused-ring (bicyclic) bond motifs is 2. The minimum atomic E-state index is -0.206. The van der Waals surface area contributed by atoms with Crippen LogP contribution in [-0.2, 0) is 19.1 Å². The van der Waals surface area contributed by atoms with Gasteiger partial charge in [0.1, 0.15) is 12.2 Å². The van der Waals surface area contributed by atoms with Gasteiger partial charge in [-0.05, 0) is 128 Å². The third kappa shape index (κ3) is 3.80. The Kier molecular flexibility index (Phi) is 6.76. The molecule has 0 unspecified atom stereocenters. The fraction of sp³-hybridized carbons (Fsp3) is 0.882. The fourth-order valence-electron chi connectivity index (χ4n) is 11.9. The molecule has 5 aliphatic rings. The summed E-state index contributed by atoms with van der Waals surface area (Å²) in [7, 11) is 0. The highest BCUT2D eigenvalue weighted by atomic mass is 16.5. The van der Waals surface area contributed by atoms with E-state index in [-0.39, 0.29) is 29.6 Å². The summed E-state index contributed by atoms with van der Waals surface area (Å²) in [4.78, 5) is 23.5. The van der Waals surface area contributed by atoms with Crippen molar-refractivity contribution in [2.45, 2.75) is 138 Å². The van der Waals surface area contributed by atoms with Gasteiger partial charge >= 0.3 is 11.9 Å². The van der Waals surface area contributed by atoms with Gasteiger partial charge in [0.25, 0.3) is 0 Å². The normalized spacial score (nSPS) is 45.9. The molecular weight excluding hydrogens is 472 g/mol. The van der Waals surface area contributed by atoms with E-state index in [1.807, 2.05) is 6.92 Å². The smallest absolute Gasteiger partial charge is 0.303 e. The molecule has 0 aliphatic heterocycles. The van der Waals surface area contributed by atoms with E-state index in [1.54, 1.807) is 6.92 Å². The number of ether oxygens (including phenoxy) is 2. The number of rotatable bonds is 7. The van der Waals surface area contributed by atoms with Gasteiger partial charge in [-0.25, -0.2) is 0 Å². The van der Waals surface area contributed by atoms with Crippen LogP contribution in [-0.4, -0.2) is 24.1 Å². The predicted octanol–water partition coefficient (Wildman–Crippen LogP) is 8.28. The molecule has 0 radical (unpaired) electrons. The zero-order valence-electron chi connectivity index (χ0n) is 25.6. The Morgan fingerprint density at radius 2 is 1.47 bits per heavy atom. The van der Waals surface area contributed by atoms with E-state index in [4.69, 9.17) is 9.47 Å². The zero-order valence-corrected chi connectivity index (χ0v) is 25.6. The van der Waals surface area contributed by atoms with Gasteiger partial charge in [0.15, 0.2) is 0 Å². The highest BCUT2D eigenvalue weighted by Crippen LogP contribution is 2.89. The highest BCUT2D eigenvalue weighted by Gasteiger charge is 2.82. The minimum absolute atomic E-state index is 0.0640. The predicted molar refractivity (Wildman–Crippen MR) is 151 cm³/mol. The largest absolute Gasteiger partial charge is 0.462 e. The summed E-state index contributed by atoms with van der Waals surface area (Å²) in [5.74, 6) is 2.53. The van der Waals surface area contributed by atoms with Gasteiger partial charge in [-0.15, -0.1) is 0 Å². The van der Waals surface area contributed by atoms with E-state index >= 15 is 0 Å². The Hall–Kier alpha value is -1.32. The van der Waals surface area contributed by atoms with Gasteiger partial charge in [-0.1, -0.05) is 41.2 Å². The lowest BCUT2D eigenvalue weighted by Crippen LogP contribution is -2.58. The Labute approximate surface area is 232 Å². The summed E-state index contributed by atoms with van der Waals surface area (Å²) in [6.45, 7) is 21.7. The summed E-state index contributed by atoms with van der Waals surface area (Å²) < 4.78 is 11.5. The van der Waals surface area contributed by atoms with Crippen LogP contribution < -0.4 is 0 Å². The number of hydrogen-bond acceptors (Lipinski definition) is 4. The molecule has 5 saturated carbocycles. The van der Waals surface area contributed by atoms with Gasteiger partial charge in [0, 0.05) is 19.3 Å². The maximum absolute atomic E-state index is 11.9. The van der Waals surface area contributed by atoms with Crippen molar-refractivity contribution in [3.05, 3.63) is 12.2 Å². The van der Waals surface area contributed by atoms with E-state index in [0.717, 1.165) is 36.7 Å². The standard InChI is InChI=1S/C34H54O4/c1-21(2)26(37-23(4)35)11-10-22(3)25-14-16-32(9)28-13-12-27-30(6,7)29(38-24(5)36)15-17-33(27)20-34(28,33)19-18-31(25,32)8/h22,25-29H,1,10-20H2,2-9H3/t22-,25+,26+,27-,28-,29-,31+,32-,33+,34-/m0/s1. The summed E-state index contributed by atoms with van der Waals surface area (Å²) in [6.07, 6.45) is 13.7. The number of esters is 2. The van der Waals surface area contributed by atoms with Crippen LogP contribution in [0.1, 0.15) is 126 Å². The second-order valence-electron chi connectivity index (χ2n) is 15.6. The molecule has 5 rings (SSSR count). The van der Waals surface area contributed by atoms with Crippen LogP contribution in [0.15, 0.2) is 12.2 Å². The molecule has 10 atom stereocenters. The second kappa shape index (κ2) is 9.10. The molecule has 214 valence electrons. The maximum atomic E-state index is 11.9. The molecule has 0 heterocycles. The molecule has 0 aromatic carbocycles. The molecule has 5 fully saturated rings. The van der Waals surface area contributed by atoms with Crippen molar-refractivity contribution in [1.29, 1.82) is 0 Å². The first-order valence-electron chi connectivity index (χ1n) is 15.6. The van der Waals surface area contributed by atoms with Crippen LogP contribution >= 0.6 is 0 Å². The van der Waals surface area contributed by atoms with Crippen molar-refractivity contribution in [2.75, 3.05) is 0 Å². The Morgan fingerprint density at radius 3 is 2.11 bits per heavy atom. The zero-order chi connectivity index (χ0) is 27.9. The summed E-state index contributed by atoms with van der Waals surface area (Å²) in [5.41, 5.74) is 2.79. The minimum Gasteiger partial charge on any atom is -0.462 e. The maximum Gasteiger partial charge on any atom is 0.303 e. The number of hydrogen-bond donors (Lipinski definition) is 0. The quantitative estimate of drug-likeness (QED) is 0.247. The molecule has 0 amide bonds. The first kappa shape index (κ1) is 28.2. The van der Waals surface area contributed by atoms with Crippen LogP contribution in [0.3, 0.4) is 0 Å². The Balaban J connectivity index is 1.34. The van der Waals surface area contributed by atoms with Gasteiger partial charge in [-0.2, -0.15) is 0 Å². The van der Waals surface area contributed by atoms with Crippen molar-refractivity contribution in [1.82, 2.24) is 0 Å². The average Bonchev–Trinajstić information content (AvgIpc) is 3.40. The topological polar surface area (TPSA) is 52.6 Å². The van der Waals surface area contributed by atoms with Crippen LogP contribution in [0.25, 0.3) is 0 Å². The van der Waals surface area contributed by atoms with Crippen LogP contribution in [0.4, 0.5) is 0 Å². The molecule has 0 saturated heterocycles. The van der Waals surface area contributed by atoms with E-state index in [0.29, 0.717) is 33.5 Å². The molecule has 4 heteroatoms. The summed E-state index contributed by atoms with van der Waals surface area (Å²) in [5, 5.41) is 0. The average molecular weight is 527 g/mol. The second-order valence-corrected chi connectivity index (χ2v) is 15.6. The molecule has 0 N–H and O–H groups in total. The van der Waals surface area contributed by atoms with E-state index in [9.17, 15) is 9.59 Å². The monoisotopic (exact) mass is 526 g/mol. The lowest BCUT2D eigenvalue weighted by Gasteiger charge is -2.63. The van der Waals surface area contributed by atoms with Crippen molar-refractivity contribution in [3.63, 3.8) is 0 Å². The van der Waals surface area contributed by atoms with Gasteiger partial charge in [0.2, 0.25) is 0 Å². The highest BCUT2D eigenvalue weighted by molar-refractivity contribution is 5.66. The number of carbonyl (C=O) groups excluding carboxylic acids is 2. The molecule has 4 nitrogen and oxygen atoms in total. The van der Waals surface area contributed by atoms with Crippen LogP contribution in [0.2, 0.25) is 0 Å². The van der Waals surface area contributed by atoms with Crippen molar-refractivity contribution < 1.29 is 19.1 Å². The van der Waals surface area contributed by atoms with E-state index < -0.39 is 0 Å². The third-order valence-electron chi connectivity index (χ3n) is 13.9. The molecular formula is C34H54O4. The molecule has 0 bridgehead atoms. The van der Waals surface area contributed by atoms with Gasteiger partial charge in [0.05, 0.1) is 0 Å². The van der Waals surface area contributed by atoms with Crippen molar-refractivity contribution in [3.8, 4) is 0 Å². The number of carbonyl (C=O) groups is 2. The summed E-state index contributed by atoms with van der Waals surface area (Å²) >= 11 is 0. The Bertz CT molecular complexity index is 998. The Morgan fingerprint density at radius 1 is 0.816 bits per heavy atom. The lowest BCUT2D eigenvalue weighted by atomic mass is 9.41. The van der Waals surface area contributed by atoms with Gasteiger partial charge < -0.3 is 9.47 Å². The fourth-order valence-corrected chi connectivity index (χ4v) is 11.9. The van der Waals surface area contributed by atoms with Crippen LogP contribution in [0.5, 0.6) is 0 Å². The summed E-state index contributed by atoms with van der Waals surface area (Å²) in [6, 6.07) is 0. The SMILES string of the molecule is C=C(C)[C@@H](CC[C@H](C)[C@H]1CC[C@@]2(C)[C@@H]3CC[C@H]4C(C)(C)[C@@H](OC(C)=O)CC[C@@]45C[C@@]35CC[C@]12C)OC(C)=O.